The van der Waals surface area contributed by atoms with Crippen molar-refractivity contribution in [2.75, 3.05) is 0 Å². The van der Waals surface area contributed by atoms with Crippen LogP contribution in [0.5, 0.6) is 0 Å². The molecule has 0 saturated carbocycles. The molecular weight excluding hydrogens is 185 g/mol. The predicted octanol–water partition coefficient (Wildman–Crippen LogP) is 2.28. The summed E-state index contributed by atoms with van der Waals surface area (Å²) in [5.74, 6) is -3.03. The molecule has 0 aromatic rings. The summed E-state index contributed by atoms with van der Waals surface area (Å²) in [5, 5.41) is -1.61. The van der Waals surface area contributed by atoms with Gasteiger partial charge in [0, 0.05) is 12.0 Å². The smallest absolute Gasteiger partial charge is 0.276 e. The monoisotopic (exact) mass is 186 g/mol. The van der Waals surface area contributed by atoms with Gasteiger partial charge in [-0.2, -0.15) is 8.78 Å². The van der Waals surface area contributed by atoms with E-state index in [1.54, 1.807) is 0 Å². The lowest BCUT2D eigenvalue weighted by atomic mass is 9.95. The van der Waals surface area contributed by atoms with Crippen LogP contribution in [0.15, 0.2) is 10.6 Å². The maximum absolute atomic E-state index is 12.1. The Bertz CT molecular complexity index is 222. The summed E-state index contributed by atoms with van der Waals surface area (Å²) in [6, 6.07) is 0. The molecule has 1 aliphatic rings. The summed E-state index contributed by atoms with van der Waals surface area (Å²) in [7, 11) is 0. The van der Waals surface area contributed by atoms with E-state index in [1.807, 2.05) is 0 Å². The van der Waals surface area contributed by atoms with Crippen LogP contribution in [-0.4, -0.2) is 11.2 Å². The van der Waals surface area contributed by atoms with Gasteiger partial charge in [0.15, 0.2) is 0 Å². The van der Waals surface area contributed by atoms with Gasteiger partial charge < -0.3 is 0 Å². The van der Waals surface area contributed by atoms with Crippen LogP contribution < -0.4 is 0 Å². The molecule has 0 aromatic heterocycles. The van der Waals surface area contributed by atoms with E-state index in [-0.39, 0.29) is 5.57 Å². The molecule has 0 saturated heterocycles. The molecule has 0 amide bonds. The third-order valence-electron chi connectivity index (χ3n) is 1.22. The molecule has 1 rings (SSSR count). The molecule has 56 valence electrons. The van der Waals surface area contributed by atoms with Gasteiger partial charge in [-0.15, -0.1) is 0 Å². The number of hydrogen-bond acceptors (Lipinski definition) is 1. The Morgan fingerprint density at radius 2 is 2.10 bits per heavy atom. The second-order valence-corrected chi connectivity index (χ2v) is 2.67. The molecule has 0 unspecified atom stereocenters. The lowest BCUT2D eigenvalue weighted by molar-refractivity contribution is -0.110. The number of allylic oxidation sites excluding steroid dienone is 2. The summed E-state index contributed by atoms with van der Waals surface area (Å²) in [5.41, 5.74) is -0.173. The van der Waals surface area contributed by atoms with Gasteiger partial charge in [0.1, 0.15) is 0 Å². The average molecular weight is 187 g/mol. The fourth-order valence-corrected chi connectivity index (χ4v) is 1.08. The van der Waals surface area contributed by atoms with Crippen LogP contribution in [0, 0.1) is 0 Å². The van der Waals surface area contributed by atoms with Crippen molar-refractivity contribution < 1.29 is 13.6 Å². The molecule has 10 heavy (non-hydrogen) atoms. The van der Waals surface area contributed by atoms with Gasteiger partial charge in [0.2, 0.25) is 5.24 Å². The van der Waals surface area contributed by atoms with E-state index in [0.717, 1.165) is 0 Å². The van der Waals surface area contributed by atoms with E-state index in [4.69, 9.17) is 23.2 Å². The van der Waals surface area contributed by atoms with E-state index >= 15 is 0 Å². The van der Waals surface area contributed by atoms with Crippen molar-refractivity contribution in [2.45, 2.75) is 12.3 Å². The van der Waals surface area contributed by atoms with E-state index in [9.17, 15) is 13.6 Å². The highest BCUT2D eigenvalue weighted by atomic mass is 35.5. The van der Waals surface area contributed by atoms with Gasteiger partial charge in [0.25, 0.3) is 5.92 Å². The number of alkyl halides is 2. The number of carbonyl (C=O) groups is 1. The van der Waals surface area contributed by atoms with Gasteiger partial charge in [-0.25, -0.2) is 0 Å². The first-order valence-electron chi connectivity index (χ1n) is 2.42. The maximum Gasteiger partial charge on any atom is 0.288 e. The molecular formula is C5H2Cl2F2O. The average Bonchev–Trinajstić information content (AvgIpc) is 1.82. The second kappa shape index (κ2) is 2.17. The Morgan fingerprint density at radius 1 is 1.60 bits per heavy atom. The van der Waals surface area contributed by atoms with Crippen LogP contribution in [0.25, 0.3) is 0 Å². The largest absolute Gasteiger partial charge is 0.288 e. The molecule has 1 aliphatic carbocycles. The van der Waals surface area contributed by atoms with Gasteiger partial charge in [0.05, 0.1) is 5.03 Å². The van der Waals surface area contributed by atoms with E-state index in [0.29, 0.717) is 0 Å². The van der Waals surface area contributed by atoms with Crippen molar-refractivity contribution in [2.24, 2.45) is 0 Å². The predicted molar refractivity (Wildman–Crippen MR) is 33.3 cm³/mol. The molecule has 0 atom stereocenters. The summed E-state index contributed by atoms with van der Waals surface area (Å²) in [6.45, 7) is 0. The zero-order valence-electron chi connectivity index (χ0n) is 4.63. The first-order valence-corrected chi connectivity index (χ1v) is 3.17. The Labute approximate surface area is 65.6 Å². The molecule has 0 N–H and O–H groups in total. The highest BCUT2D eigenvalue weighted by molar-refractivity contribution is 6.68. The number of halogens is 4. The second-order valence-electron chi connectivity index (χ2n) is 1.95. The van der Waals surface area contributed by atoms with Crippen LogP contribution in [0.1, 0.15) is 6.42 Å². The van der Waals surface area contributed by atoms with Crippen molar-refractivity contribution in [3.05, 3.63) is 10.6 Å². The highest BCUT2D eigenvalue weighted by Gasteiger charge is 2.47. The van der Waals surface area contributed by atoms with E-state index in [1.165, 1.54) is 0 Å². The Morgan fingerprint density at radius 3 is 2.20 bits per heavy atom. The molecule has 0 spiro atoms. The van der Waals surface area contributed by atoms with Gasteiger partial charge >= 0.3 is 0 Å². The topological polar surface area (TPSA) is 17.1 Å². The lowest BCUT2D eigenvalue weighted by Crippen LogP contribution is -2.30. The van der Waals surface area contributed by atoms with Crippen molar-refractivity contribution in [3.8, 4) is 0 Å². The fraction of sp³-hybridized carbons (Fsp3) is 0.400. The number of carbonyl (C=O) groups excluding carboxylic acids is 1. The Balaban J connectivity index is 2.88. The summed E-state index contributed by atoms with van der Waals surface area (Å²) in [4.78, 5) is 10.2. The summed E-state index contributed by atoms with van der Waals surface area (Å²) in [6.07, 6.45) is -0.631. The van der Waals surface area contributed by atoms with Gasteiger partial charge in [-0.3, -0.25) is 4.79 Å². The van der Waals surface area contributed by atoms with Crippen molar-refractivity contribution in [1.82, 2.24) is 0 Å². The zero-order chi connectivity index (χ0) is 7.94. The standard InChI is InChI=1S/C5H2Cl2F2O/c6-3-2(4(7)10)1-5(3,8)9/h1H2. The van der Waals surface area contributed by atoms with Gasteiger partial charge in [-0.1, -0.05) is 11.6 Å². The van der Waals surface area contributed by atoms with Crippen LogP contribution in [0.2, 0.25) is 0 Å². The minimum Gasteiger partial charge on any atom is -0.276 e. The molecule has 1 nitrogen and oxygen atoms in total. The van der Waals surface area contributed by atoms with E-state index < -0.39 is 22.6 Å². The normalized spacial score (nSPS) is 22.4. The van der Waals surface area contributed by atoms with Crippen LogP contribution in [-0.2, 0) is 4.79 Å². The summed E-state index contributed by atoms with van der Waals surface area (Å²) < 4.78 is 24.3. The minimum atomic E-state index is -3.03. The maximum atomic E-state index is 12.1. The molecule has 5 heteroatoms. The zero-order valence-corrected chi connectivity index (χ0v) is 6.14. The fourth-order valence-electron chi connectivity index (χ4n) is 0.647. The lowest BCUT2D eigenvalue weighted by Gasteiger charge is -2.26. The molecule has 0 bridgehead atoms. The van der Waals surface area contributed by atoms with E-state index in [2.05, 4.69) is 0 Å². The highest BCUT2D eigenvalue weighted by Crippen LogP contribution is 2.46. The molecule has 0 radical (unpaired) electrons. The Kier molecular flexibility index (Phi) is 1.73. The number of hydrogen-bond donors (Lipinski definition) is 0. The molecule has 0 heterocycles. The molecule has 0 fully saturated rings. The Hall–Kier alpha value is -0.150. The quantitative estimate of drug-likeness (QED) is 0.575. The van der Waals surface area contributed by atoms with Crippen LogP contribution in [0.3, 0.4) is 0 Å². The number of rotatable bonds is 1. The third kappa shape index (κ3) is 1.04. The SMILES string of the molecule is O=C(Cl)C1=C(Cl)C(F)(F)C1. The van der Waals surface area contributed by atoms with Gasteiger partial charge in [-0.05, 0) is 11.6 Å². The van der Waals surface area contributed by atoms with Crippen molar-refractivity contribution in [3.63, 3.8) is 0 Å². The third-order valence-corrected chi connectivity index (χ3v) is 1.95. The molecule has 0 aliphatic heterocycles. The first-order chi connectivity index (χ1) is 4.45. The first kappa shape index (κ1) is 7.95. The molecule has 0 aromatic carbocycles. The van der Waals surface area contributed by atoms with Crippen LogP contribution in [0.4, 0.5) is 8.78 Å². The summed E-state index contributed by atoms with van der Waals surface area (Å²) >= 11 is 9.91. The van der Waals surface area contributed by atoms with Crippen molar-refractivity contribution >= 4 is 28.4 Å². The minimum absolute atomic E-state index is 0.173. The van der Waals surface area contributed by atoms with Crippen molar-refractivity contribution in [1.29, 1.82) is 0 Å². The van der Waals surface area contributed by atoms with Crippen LogP contribution >= 0.6 is 23.2 Å².